The van der Waals surface area contributed by atoms with Crippen molar-refractivity contribution in [3.8, 4) is 11.5 Å². The van der Waals surface area contributed by atoms with E-state index in [9.17, 15) is 9.18 Å². The van der Waals surface area contributed by atoms with Crippen LogP contribution in [0.3, 0.4) is 0 Å². The quantitative estimate of drug-likeness (QED) is 0.640. The molecule has 1 aromatic carbocycles. The Morgan fingerprint density at radius 3 is 2.87 bits per heavy atom. The van der Waals surface area contributed by atoms with Gasteiger partial charge in [-0.25, -0.2) is 9.18 Å². The summed E-state index contributed by atoms with van der Waals surface area (Å²) in [5.41, 5.74) is 1.98. The molecule has 1 atom stereocenters. The maximum atomic E-state index is 13.3. The molecule has 3 rings (SSSR count). The highest BCUT2D eigenvalue weighted by molar-refractivity contribution is 5.89. The molecule has 0 fully saturated rings. The number of hydrogen-bond acceptors (Lipinski definition) is 5. The predicted octanol–water partition coefficient (Wildman–Crippen LogP) is 3.59. The molecule has 0 saturated heterocycles. The number of esters is 1. The lowest BCUT2D eigenvalue weighted by atomic mass is 10.1. The second kappa shape index (κ2) is 6.56. The molecule has 2 aromatic rings. The van der Waals surface area contributed by atoms with Gasteiger partial charge in [0.2, 0.25) is 0 Å². The number of rotatable bonds is 3. The number of alkyl halides is 1. The maximum absolute atomic E-state index is 13.3. The molecule has 0 saturated carbocycles. The number of methoxy groups -OCH3 is 1. The monoisotopic (exact) mass is 314 g/mol. The van der Waals surface area contributed by atoms with Crippen LogP contribution in [0.2, 0.25) is 0 Å². The third-order valence-electron chi connectivity index (χ3n) is 3.54. The zero-order valence-corrected chi connectivity index (χ0v) is 12.5. The van der Waals surface area contributed by atoms with Crippen molar-refractivity contribution in [1.29, 1.82) is 0 Å². The average Bonchev–Trinajstić information content (AvgIpc) is 2.97. The van der Waals surface area contributed by atoms with Crippen LogP contribution in [0.4, 0.5) is 4.39 Å². The van der Waals surface area contributed by atoms with Crippen molar-refractivity contribution >= 4 is 11.5 Å². The molecule has 1 aliphatic carbocycles. The normalized spacial score (nSPS) is 17.5. The Hall–Kier alpha value is -2.76. The standard InChI is InChI=1S/C17H15FN2O3/c1-22-17(21)13-7-5-12(6-8-13)16-19-15(20-23-16)11-3-2-4-14(18)10-9-11/h2,4-9,14H,3,10H2,1H3. The summed E-state index contributed by atoms with van der Waals surface area (Å²) in [4.78, 5) is 15.8. The van der Waals surface area contributed by atoms with E-state index in [2.05, 4.69) is 14.9 Å². The summed E-state index contributed by atoms with van der Waals surface area (Å²) in [6.45, 7) is 0. The van der Waals surface area contributed by atoms with Crippen LogP contribution in [-0.4, -0.2) is 29.4 Å². The molecule has 6 heteroatoms. The molecule has 1 aromatic heterocycles. The molecule has 0 aliphatic heterocycles. The molecule has 118 valence electrons. The predicted molar refractivity (Wildman–Crippen MR) is 82.3 cm³/mol. The number of carbonyl (C=O) groups is 1. The maximum Gasteiger partial charge on any atom is 0.337 e. The topological polar surface area (TPSA) is 65.2 Å². The summed E-state index contributed by atoms with van der Waals surface area (Å²) in [5.74, 6) is 0.400. The van der Waals surface area contributed by atoms with Crippen LogP contribution >= 0.6 is 0 Å². The molecule has 1 heterocycles. The Bertz CT molecular complexity index is 762. The SMILES string of the molecule is COC(=O)c1ccc(-c2nc(C3=CCC(F)C=CC3)no2)cc1. The minimum Gasteiger partial charge on any atom is -0.465 e. The van der Waals surface area contributed by atoms with E-state index in [4.69, 9.17) is 4.52 Å². The Morgan fingerprint density at radius 1 is 1.35 bits per heavy atom. The van der Waals surface area contributed by atoms with E-state index >= 15 is 0 Å². The Kier molecular flexibility index (Phi) is 4.32. The fourth-order valence-corrected chi connectivity index (χ4v) is 2.28. The molecule has 23 heavy (non-hydrogen) atoms. The van der Waals surface area contributed by atoms with Gasteiger partial charge in [0.05, 0.1) is 12.7 Å². The van der Waals surface area contributed by atoms with Crippen molar-refractivity contribution in [1.82, 2.24) is 10.1 Å². The summed E-state index contributed by atoms with van der Waals surface area (Å²) in [7, 11) is 1.33. The first-order chi connectivity index (χ1) is 11.2. The minimum absolute atomic E-state index is 0.309. The fraction of sp³-hybridized carbons (Fsp3) is 0.235. The summed E-state index contributed by atoms with van der Waals surface area (Å²) in [6, 6.07) is 6.68. The molecule has 0 spiro atoms. The molecule has 1 unspecified atom stereocenters. The van der Waals surface area contributed by atoms with Crippen molar-refractivity contribution < 1.29 is 18.4 Å². The summed E-state index contributed by atoms with van der Waals surface area (Å²) in [5, 5.41) is 3.95. The molecule has 0 N–H and O–H groups in total. The van der Waals surface area contributed by atoms with Gasteiger partial charge in [0.1, 0.15) is 6.17 Å². The Labute approximate surface area is 132 Å². The van der Waals surface area contributed by atoms with E-state index < -0.39 is 12.1 Å². The number of nitrogens with zero attached hydrogens (tertiary/aromatic N) is 2. The molecule has 1 aliphatic rings. The van der Waals surface area contributed by atoms with Gasteiger partial charge in [0.25, 0.3) is 5.89 Å². The van der Waals surface area contributed by atoms with Crippen LogP contribution in [-0.2, 0) is 4.74 Å². The van der Waals surface area contributed by atoms with Gasteiger partial charge in [-0.2, -0.15) is 4.98 Å². The third-order valence-corrected chi connectivity index (χ3v) is 3.54. The Balaban J connectivity index is 1.82. The van der Waals surface area contributed by atoms with Gasteiger partial charge in [-0.05, 0) is 30.7 Å². The summed E-state index contributed by atoms with van der Waals surface area (Å²) in [6.07, 6.45) is 5.01. The van der Waals surface area contributed by atoms with Crippen LogP contribution in [0.5, 0.6) is 0 Å². The van der Waals surface area contributed by atoms with Crippen LogP contribution in [0.15, 0.2) is 47.0 Å². The van der Waals surface area contributed by atoms with Gasteiger partial charge in [0.15, 0.2) is 5.82 Å². The van der Waals surface area contributed by atoms with Gasteiger partial charge >= 0.3 is 5.97 Å². The number of ether oxygens (including phenoxy) is 1. The second-order valence-corrected chi connectivity index (χ2v) is 5.11. The van der Waals surface area contributed by atoms with Crippen LogP contribution in [0.1, 0.15) is 29.0 Å². The van der Waals surface area contributed by atoms with Gasteiger partial charge in [-0.15, -0.1) is 0 Å². The average molecular weight is 314 g/mol. The van der Waals surface area contributed by atoms with Crippen molar-refractivity contribution in [3.63, 3.8) is 0 Å². The van der Waals surface area contributed by atoms with E-state index in [1.807, 2.05) is 0 Å². The van der Waals surface area contributed by atoms with Gasteiger partial charge in [-0.1, -0.05) is 23.4 Å². The Morgan fingerprint density at radius 2 is 2.13 bits per heavy atom. The number of halogens is 1. The number of benzene rings is 1. The number of carbonyl (C=O) groups excluding carboxylic acids is 1. The molecule has 5 nitrogen and oxygen atoms in total. The van der Waals surface area contributed by atoms with Gasteiger partial charge in [-0.3, -0.25) is 0 Å². The first kappa shape index (κ1) is 15.1. The summed E-state index contributed by atoms with van der Waals surface area (Å²) < 4.78 is 23.2. The smallest absolute Gasteiger partial charge is 0.337 e. The van der Waals surface area contributed by atoms with Gasteiger partial charge < -0.3 is 9.26 Å². The highest BCUT2D eigenvalue weighted by atomic mass is 19.1. The lowest BCUT2D eigenvalue weighted by Crippen LogP contribution is -2.00. The van der Waals surface area contributed by atoms with Crippen LogP contribution < -0.4 is 0 Å². The van der Waals surface area contributed by atoms with Crippen molar-refractivity contribution in [2.45, 2.75) is 19.0 Å². The van der Waals surface area contributed by atoms with E-state index in [1.165, 1.54) is 13.2 Å². The van der Waals surface area contributed by atoms with E-state index in [1.54, 1.807) is 36.4 Å². The molecule has 0 amide bonds. The van der Waals surface area contributed by atoms with E-state index in [-0.39, 0.29) is 0 Å². The fourth-order valence-electron chi connectivity index (χ4n) is 2.28. The zero-order valence-electron chi connectivity index (χ0n) is 12.5. The number of aromatic nitrogens is 2. The number of hydrogen-bond donors (Lipinski definition) is 0. The minimum atomic E-state index is -0.968. The zero-order chi connectivity index (χ0) is 16.2. The van der Waals surface area contributed by atoms with Crippen molar-refractivity contribution in [2.24, 2.45) is 0 Å². The highest BCUT2D eigenvalue weighted by Gasteiger charge is 2.15. The first-order valence-corrected chi connectivity index (χ1v) is 7.20. The largest absolute Gasteiger partial charge is 0.465 e. The van der Waals surface area contributed by atoms with Gasteiger partial charge in [0, 0.05) is 17.6 Å². The molecular formula is C17H15FN2O3. The van der Waals surface area contributed by atoms with E-state index in [0.29, 0.717) is 35.7 Å². The lowest BCUT2D eigenvalue weighted by Gasteiger charge is -1.99. The third kappa shape index (κ3) is 3.36. The van der Waals surface area contributed by atoms with Crippen LogP contribution in [0, 0.1) is 0 Å². The molecule has 0 bridgehead atoms. The lowest BCUT2D eigenvalue weighted by molar-refractivity contribution is 0.0600. The molecular weight excluding hydrogens is 299 g/mol. The summed E-state index contributed by atoms with van der Waals surface area (Å²) >= 11 is 0. The second-order valence-electron chi connectivity index (χ2n) is 5.11. The van der Waals surface area contributed by atoms with Crippen LogP contribution in [0.25, 0.3) is 17.0 Å². The first-order valence-electron chi connectivity index (χ1n) is 7.20. The number of allylic oxidation sites excluding steroid dienone is 4. The molecule has 0 radical (unpaired) electrons. The van der Waals surface area contributed by atoms with E-state index in [0.717, 1.165) is 5.57 Å². The van der Waals surface area contributed by atoms with Crippen molar-refractivity contribution in [3.05, 3.63) is 53.9 Å². The van der Waals surface area contributed by atoms with Crippen molar-refractivity contribution in [2.75, 3.05) is 7.11 Å². The highest BCUT2D eigenvalue weighted by Crippen LogP contribution is 2.25.